The normalized spacial score (nSPS) is 19.3. The number of para-hydroxylation sites is 1. The molecule has 0 fully saturated rings. The zero-order chi connectivity index (χ0) is 28.4. The van der Waals surface area contributed by atoms with Crippen LogP contribution in [0.2, 0.25) is 0 Å². The van der Waals surface area contributed by atoms with E-state index in [2.05, 4.69) is 20.9 Å². The molecule has 1 aromatic heterocycles. The fraction of sp³-hybridized carbons (Fsp3) is 0.536. The summed E-state index contributed by atoms with van der Waals surface area (Å²) in [6, 6.07) is 5.14. The van der Waals surface area contributed by atoms with Crippen LogP contribution in [0.25, 0.3) is 0 Å². The van der Waals surface area contributed by atoms with E-state index in [9.17, 15) is 19.2 Å². The molecule has 0 unspecified atom stereocenters. The SMILES string of the molecule is Cc1csc(CCCNC(=O)[C@@H]2CCC(=O)N[C@@H](CC(C)C)C(=O)N(C)CCOc3ccccc3C(=O)N2)n1. The van der Waals surface area contributed by atoms with Crippen LogP contribution in [0.15, 0.2) is 29.6 Å². The third kappa shape index (κ3) is 9.35. The van der Waals surface area contributed by atoms with Crippen molar-refractivity contribution < 1.29 is 23.9 Å². The number of nitrogens with zero attached hydrogens (tertiary/aromatic N) is 2. The summed E-state index contributed by atoms with van der Waals surface area (Å²) in [5, 5.41) is 11.5. The Labute approximate surface area is 233 Å². The topological polar surface area (TPSA) is 130 Å². The van der Waals surface area contributed by atoms with Gasteiger partial charge in [0.1, 0.15) is 24.4 Å². The Morgan fingerprint density at radius 2 is 2.00 bits per heavy atom. The van der Waals surface area contributed by atoms with Crippen LogP contribution in [0.5, 0.6) is 5.75 Å². The molecular formula is C28H39N5O5S. The number of ether oxygens (including phenoxy) is 1. The molecule has 0 saturated carbocycles. The highest BCUT2D eigenvalue weighted by Gasteiger charge is 2.28. The van der Waals surface area contributed by atoms with E-state index in [1.807, 2.05) is 26.2 Å². The monoisotopic (exact) mass is 557 g/mol. The predicted molar refractivity (Wildman–Crippen MR) is 150 cm³/mol. The van der Waals surface area contributed by atoms with E-state index in [0.717, 1.165) is 17.1 Å². The second kappa shape index (κ2) is 14.6. The lowest BCUT2D eigenvalue weighted by Crippen LogP contribution is -2.50. The molecule has 1 aliphatic heterocycles. The zero-order valence-corrected chi connectivity index (χ0v) is 23.9. The molecular weight excluding hydrogens is 518 g/mol. The van der Waals surface area contributed by atoms with E-state index in [0.29, 0.717) is 25.1 Å². The zero-order valence-electron chi connectivity index (χ0n) is 23.1. The molecule has 11 heteroatoms. The standard InChI is InChI=1S/C28H39N5O5S/c1-18(2)16-22-28(37)33(4)14-15-38-23-9-6-5-8-20(23)26(35)32-21(11-12-24(34)31-22)27(36)29-13-7-10-25-30-19(3)17-39-25/h5-6,8-9,17-18,21-22H,7,10-16H2,1-4H3,(H,29,36)(H,31,34)(H,32,35)/t21-,22-/m0/s1. The second-order valence-electron chi connectivity index (χ2n) is 10.2. The molecule has 2 atom stereocenters. The van der Waals surface area contributed by atoms with Crippen molar-refractivity contribution in [3.05, 3.63) is 45.9 Å². The van der Waals surface area contributed by atoms with Crippen molar-refractivity contribution in [3.63, 3.8) is 0 Å². The molecule has 0 radical (unpaired) electrons. The molecule has 0 aliphatic carbocycles. The molecule has 1 aliphatic rings. The number of rotatable bonds is 7. The fourth-order valence-electron chi connectivity index (χ4n) is 4.28. The van der Waals surface area contributed by atoms with E-state index in [1.54, 1.807) is 42.6 Å². The highest BCUT2D eigenvalue weighted by Crippen LogP contribution is 2.19. The highest BCUT2D eigenvalue weighted by molar-refractivity contribution is 7.09. The van der Waals surface area contributed by atoms with Gasteiger partial charge in [0.25, 0.3) is 5.91 Å². The highest BCUT2D eigenvalue weighted by atomic mass is 32.1. The lowest BCUT2D eigenvalue weighted by atomic mass is 10.0. The maximum Gasteiger partial charge on any atom is 0.255 e. The average molecular weight is 558 g/mol. The van der Waals surface area contributed by atoms with Crippen LogP contribution in [-0.4, -0.2) is 72.3 Å². The molecule has 39 heavy (non-hydrogen) atoms. The molecule has 0 spiro atoms. The summed E-state index contributed by atoms with van der Waals surface area (Å²) >= 11 is 1.59. The van der Waals surface area contributed by atoms with Crippen molar-refractivity contribution in [2.24, 2.45) is 5.92 Å². The Bertz CT molecular complexity index is 1150. The predicted octanol–water partition coefficient (Wildman–Crippen LogP) is 2.46. The number of fused-ring (bicyclic) bond motifs is 1. The van der Waals surface area contributed by atoms with Crippen LogP contribution in [0.3, 0.4) is 0 Å². The maximum atomic E-state index is 13.2. The fourth-order valence-corrected chi connectivity index (χ4v) is 5.10. The van der Waals surface area contributed by atoms with Crippen molar-refractivity contribution in [3.8, 4) is 5.75 Å². The van der Waals surface area contributed by atoms with Crippen LogP contribution in [0, 0.1) is 12.8 Å². The first-order valence-electron chi connectivity index (χ1n) is 13.4. The number of amides is 4. The van der Waals surface area contributed by atoms with Crippen molar-refractivity contribution in [2.45, 2.75) is 65.0 Å². The number of hydrogen-bond donors (Lipinski definition) is 3. The largest absolute Gasteiger partial charge is 0.491 e. The third-order valence-corrected chi connectivity index (χ3v) is 7.37. The first-order valence-corrected chi connectivity index (χ1v) is 14.3. The van der Waals surface area contributed by atoms with E-state index < -0.39 is 18.0 Å². The Balaban J connectivity index is 1.75. The minimum atomic E-state index is -0.939. The minimum absolute atomic E-state index is 0.0273. The van der Waals surface area contributed by atoms with Gasteiger partial charge in [0.05, 0.1) is 17.1 Å². The summed E-state index contributed by atoms with van der Waals surface area (Å²) in [5.41, 5.74) is 1.25. The van der Waals surface area contributed by atoms with Gasteiger partial charge in [0.2, 0.25) is 17.7 Å². The molecule has 0 saturated heterocycles. The molecule has 2 heterocycles. The number of carbonyl (C=O) groups excluding carboxylic acids is 4. The van der Waals surface area contributed by atoms with Gasteiger partial charge in [0.15, 0.2) is 0 Å². The Morgan fingerprint density at radius 3 is 2.72 bits per heavy atom. The third-order valence-electron chi connectivity index (χ3n) is 6.35. The van der Waals surface area contributed by atoms with Gasteiger partial charge in [0, 0.05) is 37.5 Å². The van der Waals surface area contributed by atoms with Gasteiger partial charge in [-0.15, -0.1) is 11.3 Å². The van der Waals surface area contributed by atoms with E-state index in [4.69, 9.17) is 4.74 Å². The van der Waals surface area contributed by atoms with Gasteiger partial charge in [-0.3, -0.25) is 19.2 Å². The van der Waals surface area contributed by atoms with Crippen molar-refractivity contribution in [1.29, 1.82) is 0 Å². The van der Waals surface area contributed by atoms with Crippen LogP contribution in [0.1, 0.15) is 60.6 Å². The van der Waals surface area contributed by atoms with E-state index >= 15 is 0 Å². The summed E-state index contributed by atoms with van der Waals surface area (Å²) in [5.74, 6) is -0.853. The molecule has 3 N–H and O–H groups in total. The summed E-state index contributed by atoms with van der Waals surface area (Å²) in [6.07, 6.45) is 1.97. The number of hydrogen-bond acceptors (Lipinski definition) is 7. The Hall–Kier alpha value is -3.47. The van der Waals surface area contributed by atoms with E-state index in [1.165, 1.54) is 4.90 Å². The number of aryl methyl sites for hydroxylation is 2. The number of aromatic nitrogens is 1. The van der Waals surface area contributed by atoms with Crippen molar-refractivity contribution in [1.82, 2.24) is 25.8 Å². The van der Waals surface area contributed by atoms with Gasteiger partial charge in [-0.25, -0.2) is 4.98 Å². The molecule has 1 aromatic carbocycles. The molecule has 0 bridgehead atoms. The van der Waals surface area contributed by atoms with Crippen LogP contribution in [-0.2, 0) is 20.8 Å². The Kier molecular flexibility index (Phi) is 11.3. The molecule has 10 nitrogen and oxygen atoms in total. The lowest BCUT2D eigenvalue weighted by molar-refractivity contribution is -0.136. The summed E-state index contributed by atoms with van der Waals surface area (Å²) in [4.78, 5) is 58.3. The summed E-state index contributed by atoms with van der Waals surface area (Å²) in [6.45, 7) is 6.77. The number of benzene rings is 1. The summed E-state index contributed by atoms with van der Waals surface area (Å²) < 4.78 is 5.86. The van der Waals surface area contributed by atoms with Gasteiger partial charge in [-0.1, -0.05) is 26.0 Å². The first kappa shape index (κ1) is 30.1. The van der Waals surface area contributed by atoms with Crippen LogP contribution < -0.4 is 20.7 Å². The van der Waals surface area contributed by atoms with Gasteiger partial charge >= 0.3 is 0 Å². The summed E-state index contributed by atoms with van der Waals surface area (Å²) in [7, 11) is 1.66. The first-order chi connectivity index (χ1) is 18.6. The van der Waals surface area contributed by atoms with Crippen molar-refractivity contribution in [2.75, 3.05) is 26.7 Å². The molecule has 4 amide bonds. The molecule has 3 rings (SSSR count). The van der Waals surface area contributed by atoms with Gasteiger partial charge in [-0.05, 0) is 44.2 Å². The number of carbonyl (C=O) groups is 4. The minimum Gasteiger partial charge on any atom is -0.491 e. The van der Waals surface area contributed by atoms with Crippen LogP contribution >= 0.6 is 11.3 Å². The quantitative estimate of drug-likeness (QED) is 0.449. The van der Waals surface area contributed by atoms with Crippen molar-refractivity contribution >= 4 is 35.0 Å². The number of thiazole rings is 1. The number of nitrogens with one attached hydrogen (secondary N) is 3. The van der Waals surface area contributed by atoms with E-state index in [-0.39, 0.29) is 55.2 Å². The Morgan fingerprint density at radius 1 is 1.23 bits per heavy atom. The smallest absolute Gasteiger partial charge is 0.255 e. The van der Waals surface area contributed by atoms with Gasteiger partial charge in [-0.2, -0.15) is 0 Å². The lowest BCUT2D eigenvalue weighted by Gasteiger charge is -2.26. The maximum absolute atomic E-state index is 13.2. The molecule has 212 valence electrons. The molecule has 2 aromatic rings. The van der Waals surface area contributed by atoms with Crippen LogP contribution in [0.4, 0.5) is 0 Å². The average Bonchev–Trinajstić information content (AvgIpc) is 3.32. The van der Waals surface area contributed by atoms with Gasteiger partial charge < -0.3 is 25.6 Å². The second-order valence-corrected chi connectivity index (χ2v) is 11.1. The number of likely N-dealkylation sites (N-methyl/N-ethyl adjacent to an activating group) is 1.